The Bertz CT molecular complexity index is 1780. The number of aliphatic hydroxyl groups is 1. The highest BCUT2D eigenvalue weighted by molar-refractivity contribution is 8.01. The second kappa shape index (κ2) is 20.0. The molecule has 0 unspecified atom stereocenters. The molecule has 0 radical (unpaired) electrons. The number of fused-ring (bicyclic) bond motifs is 5. The molecule has 1 aromatic rings. The molecule has 0 aliphatic carbocycles. The minimum atomic E-state index is -1.81. The van der Waals surface area contributed by atoms with Gasteiger partial charge in [-0.3, -0.25) is 19.7 Å². The Morgan fingerprint density at radius 1 is 1.20 bits per heavy atom. The van der Waals surface area contributed by atoms with Gasteiger partial charge in [0.15, 0.2) is 5.72 Å². The van der Waals surface area contributed by atoms with Crippen LogP contribution in [0.5, 0.6) is 5.75 Å². The van der Waals surface area contributed by atoms with Crippen LogP contribution in [0.1, 0.15) is 91.2 Å². The minimum absolute atomic E-state index is 0.0391. The zero-order valence-corrected chi connectivity index (χ0v) is 37.3. The number of epoxide rings is 1. The Morgan fingerprint density at radius 3 is 2.58 bits per heavy atom. The number of likely N-dealkylation sites (N-methyl/N-ethyl adjacent to an activating group) is 1. The van der Waals surface area contributed by atoms with E-state index in [9.17, 15) is 29.1 Å². The summed E-state index contributed by atoms with van der Waals surface area (Å²) in [6.07, 6.45) is 2.78. The lowest BCUT2D eigenvalue weighted by molar-refractivity contribution is -0.162. The molecule has 4 amide bonds. The number of carbonyl (C=O) groups is 5. The van der Waals surface area contributed by atoms with Crippen LogP contribution in [0.25, 0.3) is 0 Å². The van der Waals surface area contributed by atoms with Crippen molar-refractivity contribution < 1.29 is 52.8 Å². The van der Waals surface area contributed by atoms with E-state index in [-0.39, 0.29) is 53.9 Å². The van der Waals surface area contributed by atoms with Gasteiger partial charge < -0.3 is 43.9 Å². The molecule has 7 atom stereocenters. The molecule has 16 heteroatoms. The average molecular weight is 845 g/mol. The van der Waals surface area contributed by atoms with Crippen molar-refractivity contribution in [3.63, 3.8) is 0 Å². The number of nitrogens with zero attached hydrogens (tertiary/aromatic N) is 2. The molecular weight excluding hydrogens is 781 g/mol. The average Bonchev–Trinajstić information content (AvgIpc) is 3.84. The SMILES string of the molecule is CCCNC(=O)CSC(C)(C)CCC(=O)N(C)[C@@H](C)C(=O)O[C@H]1CC(=O)N(C)c2cc(cc(OC)c2C)C/C(C)=C/C=C/[C@@H](OC)[C@@]2(O)C[C@@H](C[C@@H]3O[C@@]13C)OC(=O)N2. The summed E-state index contributed by atoms with van der Waals surface area (Å²) in [7, 11) is 6.19. The summed E-state index contributed by atoms with van der Waals surface area (Å²) in [5, 5.41) is 17.1. The first kappa shape index (κ1) is 47.6. The molecule has 328 valence electrons. The maximum atomic E-state index is 14.2. The minimum Gasteiger partial charge on any atom is -0.496 e. The Morgan fingerprint density at radius 2 is 1.92 bits per heavy atom. The quantitative estimate of drug-likeness (QED) is 0.183. The van der Waals surface area contributed by atoms with Gasteiger partial charge in [0, 0.05) is 57.3 Å². The molecule has 3 aliphatic rings. The third-order valence-electron chi connectivity index (χ3n) is 11.5. The number of ether oxygens (including phenoxy) is 5. The molecule has 59 heavy (non-hydrogen) atoms. The molecule has 2 fully saturated rings. The summed E-state index contributed by atoms with van der Waals surface area (Å²) in [5.41, 5.74) is 0.203. The molecule has 3 aliphatic heterocycles. The van der Waals surface area contributed by atoms with Gasteiger partial charge in [-0.15, -0.1) is 11.8 Å². The van der Waals surface area contributed by atoms with E-state index in [4.69, 9.17) is 23.7 Å². The van der Waals surface area contributed by atoms with Crippen LogP contribution in [0, 0.1) is 6.92 Å². The fourth-order valence-corrected chi connectivity index (χ4v) is 8.23. The van der Waals surface area contributed by atoms with Crippen LogP contribution in [0.3, 0.4) is 0 Å². The lowest BCUT2D eigenvalue weighted by atomic mass is 9.90. The molecule has 1 aromatic carbocycles. The van der Waals surface area contributed by atoms with Gasteiger partial charge in [-0.2, -0.15) is 0 Å². The van der Waals surface area contributed by atoms with E-state index in [1.54, 1.807) is 40.2 Å². The molecule has 4 bridgehead atoms. The predicted octanol–water partition coefficient (Wildman–Crippen LogP) is 4.74. The van der Waals surface area contributed by atoms with Crippen molar-refractivity contribution in [1.82, 2.24) is 15.5 Å². The summed E-state index contributed by atoms with van der Waals surface area (Å²) in [4.78, 5) is 69.4. The van der Waals surface area contributed by atoms with Gasteiger partial charge in [0.1, 0.15) is 35.7 Å². The summed E-state index contributed by atoms with van der Waals surface area (Å²) < 4.78 is 28.9. The molecular formula is C43H64N4O11S. The van der Waals surface area contributed by atoms with Crippen LogP contribution in [-0.4, -0.2) is 127 Å². The Labute approximate surface area is 352 Å². The third kappa shape index (κ3) is 12.2. The van der Waals surface area contributed by atoms with E-state index >= 15 is 0 Å². The number of anilines is 1. The lowest BCUT2D eigenvalue weighted by Crippen LogP contribution is -2.62. The number of methoxy groups -OCH3 is 2. The Kier molecular flexibility index (Phi) is 16.1. The van der Waals surface area contributed by atoms with Crippen molar-refractivity contribution in [2.24, 2.45) is 0 Å². The smallest absolute Gasteiger partial charge is 0.409 e. The second-order valence-corrected chi connectivity index (χ2v) is 18.3. The largest absolute Gasteiger partial charge is 0.496 e. The number of rotatable bonds is 13. The summed E-state index contributed by atoms with van der Waals surface area (Å²) in [5.74, 6) is -0.548. The molecule has 3 N–H and O–H groups in total. The summed E-state index contributed by atoms with van der Waals surface area (Å²) in [6, 6.07) is 2.83. The molecule has 0 spiro atoms. The van der Waals surface area contributed by atoms with Crippen LogP contribution in [0.2, 0.25) is 0 Å². The van der Waals surface area contributed by atoms with Gasteiger partial charge in [-0.25, -0.2) is 9.59 Å². The van der Waals surface area contributed by atoms with Gasteiger partial charge in [0.25, 0.3) is 0 Å². The van der Waals surface area contributed by atoms with E-state index in [1.165, 1.54) is 35.7 Å². The van der Waals surface area contributed by atoms with E-state index in [1.807, 2.05) is 52.8 Å². The molecule has 15 nitrogen and oxygen atoms in total. The van der Waals surface area contributed by atoms with E-state index in [2.05, 4.69) is 10.6 Å². The molecule has 3 heterocycles. The van der Waals surface area contributed by atoms with Crippen molar-refractivity contribution in [2.75, 3.05) is 45.5 Å². The Hall–Kier alpha value is -4.12. The summed E-state index contributed by atoms with van der Waals surface area (Å²) in [6.45, 7) is 13.7. The van der Waals surface area contributed by atoms with Crippen molar-refractivity contribution in [2.45, 2.75) is 140 Å². The highest BCUT2D eigenvalue weighted by Crippen LogP contribution is 2.46. The number of esters is 1. The van der Waals surface area contributed by atoms with Crippen LogP contribution in [-0.2, 0) is 44.5 Å². The monoisotopic (exact) mass is 844 g/mol. The third-order valence-corrected chi connectivity index (χ3v) is 12.9. The highest BCUT2D eigenvalue weighted by atomic mass is 32.2. The van der Waals surface area contributed by atoms with E-state index in [0.717, 1.165) is 23.1 Å². The zero-order valence-electron chi connectivity index (χ0n) is 36.5. The first-order valence-corrected chi connectivity index (χ1v) is 21.2. The van der Waals surface area contributed by atoms with Crippen LogP contribution in [0.15, 0.2) is 35.9 Å². The van der Waals surface area contributed by atoms with Crippen molar-refractivity contribution in [1.29, 1.82) is 0 Å². The first-order valence-electron chi connectivity index (χ1n) is 20.2. The van der Waals surface area contributed by atoms with Gasteiger partial charge in [-0.05, 0) is 64.7 Å². The van der Waals surface area contributed by atoms with E-state index in [0.29, 0.717) is 30.8 Å². The zero-order chi connectivity index (χ0) is 43.9. The number of benzene rings is 1. The van der Waals surface area contributed by atoms with Crippen LogP contribution >= 0.6 is 11.8 Å². The predicted molar refractivity (Wildman–Crippen MR) is 225 cm³/mol. The number of allylic oxidation sites excluding steroid dienone is 3. The number of carbonyl (C=O) groups excluding carboxylic acids is 5. The first-order chi connectivity index (χ1) is 27.7. The van der Waals surface area contributed by atoms with Crippen LogP contribution in [0.4, 0.5) is 10.5 Å². The van der Waals surface area contributed by atoms with Gasteiger partial charge >= 0.3 is 12.1 Å². The molecule has 0 saturated carbocycles. The number of nitrogens with one attached hydrogen (secondary N) is 2. The lowest BCUT2D eigenvalue weighted by Gasteiger charge is -2.40. The Balaban J connectivity index is 1.60. The summed E-state index contributed by atoms with van der Waals surface area (Å²) >= 11 is 1.47. The molecule has 4 rings (SSSR count). The highest BCUT2D eigenvalue weighted by Gasteiger charge is 2.61. The number of alkyl carbamates (subject to hydrolysis) is 1. The van der Waals surface area contributed by atoms with Crippen molar-refractivity contribution >= 4 is 47.2 Å². The number of hydrogen-bond acceptors (Lipinski definition) is 12. The molecule has 2 saturated heterocycles. The maximum Gasteiger partial charge on any atom is 0.409 e. The number of hydrogen-bond donors (Lipinski definition) is 3. The number of thioether (sulfide) groups is 1. The topological polar surface area (TPSA) is 186 Å². The van der Waals surface area contributed by atoms with Gasteiger partial charge in [0.2, 0.25) is 17.7 Å². The van der Waals surface area contributed by atoms with Gasteiger partial charge in [-0.1, -0.05) is 44.6 Å². The van der Waals surface area contributed by atoms with E-state index < -0.39 is 53.8 Å². The van der Waals surface area contributed by atoms with Gasteiger partial charge in [0.05, 0.1) is 31.1 Å². The fraction of sp³-hybridized carbons (Fsp3) is 0.651. The van der Waals surface area contributed by atoms with Crippen LogP contribution < -0.4 is 20.3 Å². The second-order valence-electron chi connectivity index (χ2n) is 16.6. The van der Waals surface area contributed by atoms with Crippen molar-refractivity contribution in [3.8, 4) is 5.75 Å². The van der Waals surface area contributed by atoms with Crippen molar-refractivity contribution in [3.05, 3.63) is 47.1 Å². The number of amides is 4. The maximum absolute atomic E-state index is 14.2. The molecule has 0 aromatic heterocycles. The fourth-order valence-electron chi connectivity index (χ4n) is 7.35. The standard InChI is InChI=1S/C43H64N4O11S/c1-12-18-44-36(48)25-59-41(5,6)17-16-37(49)46(8)28(4)39(51)57-34-23-38(50)47(9)31-20-29(21-32(54-10)27(31)3)19-26(2)14-13-15-33(55-11)43(53)24-30(56-40(52)45-43)22-35-42(34,7)58-35/h13-15,20-21,28,30,33-35,53H,12,16-19,22-25H2,1-11H3,(H,44,48)(H,45,52)/b15-13+,26-14+/t28-,30+,33+,34-,35-,42-,43-/m0/s1. The normalized spacial score (nSPS) is 28.1.